The van der Waals surface area contributed by atoms with Gasteiger partial charge in [0.25, 0.3) is 0 Å². The van der Waals surface area contributed by atoms with E-state index in [4.69, 9.17) is 0 Å². The van der Waals surface area contributed by atoms with Crippen LogP contribution in [0, 0.1) is 5.92 Å². The molecule has 4 nitrogen and oxygen atoms in total. The van der Waals surface area contributed by atoms with E-state index in [1.807, 2.05) is 13.8 Å². The van der Waals surface area contributed by atoms with Gasteiger partial charge in [-0.1, -0.05) is 26.0 Å². The molecule has 2 rings (SSSR count). The number of carbonyl (C=O) groups excluding carboxylic acids is 2. The van der Waals surface area contributed by atoms with Crippen molar-refractivity contribution in [3.63, 3.8) is 0 Å². The summed E-state index contributed by atoms with van der Waals surface area (Å²) in [6.45, 7) is 3.91. The summed E-state index contributed by atoms with van der Waals surface area (Å²) >= 11 is 1.32. The molecule has 0 aromatic heterocycles. The third-order valence-electron chi connectivity index (χ3n) is 4.01. The molecule has 1 saturated heterocycles. The monoisotopic (exact) mass is 374 g/mol. The van der Waals surface area contributed by atoms with Crippen molar-refractivity contribution in [2.75, 3.05) is 12.8 Å². The Morgan fingerprint density at radius 3 is 2.40 bits per heavy atom. The van der Waals surface area contributed by atoms with Gasteiger partial charge < -0.3 is 10.2 Å². The van der Waals surface area contributed by atoms with Crippen molar-refractivity contribution in [2.45, 2.75) is 37.9 Å². The Kier molecular flexibility index (Phi) is 6.03. The number of likely N-dealkylation sites (N-methyl/N-ethyl adjacent to an activating group) is 1. The number of carbonyl (C=O) groups is 2. The van der Waals surface area contributed by atoms with Crippen LogP contribution in [0.5, 0.6) is 0 Å². The zero-order valence-electron chi connectivity index (χ0n) is 14.3. The summed E-state index contributed by atoms with van der Waals surface area (Å²) in [7, 11) is 1.51. The van der Waals surface area contributed by atoms with Crippen molar-refractivity contribution >= 4 is 23.6 Å². The minimum atomic E-state index is -4.40. The number of hydrogen-bond donors (Lipinski definition) is 1. The number of nitrogens with one attached hydrogen (secondary N) is 1. The zero-order chi connectivity index (χ0) is 18.8. The lowest BCUT2D eigenvalue weighted by atomic mass is 10.0. The van der Waals surface area contributed by atoms with Crippen LogP contribution in [0.25, 0.3) is 0 Å². The van der Waals surface area contributed by atoms with Gasteiger partial charge in [-0.25, -0.2) is 0 Å². The van der Waals surface area contributed by atoms with E-state index in [9.17, 15) is 22.8 Å². The smallest absolute Gasteiger partial charge is 0.357 e. The van der Waals surface area contributed by atoms with Crippen LogP contribution in [0.2, 0.25) is 0 Å². The second-order valence-corrected chi connectivity index (χ2v) is 7.41. The van der Waals surface area contributed by atoms with E-state index >= 15 is 0 Å². The minimum Gasteiger partial charge on any atom is -0.357 e. The molecular formula is C17H21F3N2O2S. The molecule has 0 saturated carbocycles. The topological polar surface area (TPSA) is 49.4 Å². The molecule has 1 heterocycles. The van der Waals surface area contributed by atoms with Gasteiger partial charge in [-0.05, 0) is 30.0 Å². The van der Waals surface area contributed by atoms with Gasteiger partial charge >= 0.3 is 6.18 Å². The van der Waals surface area contributed by atoms with Crippen LogP contribution in [0.1, 0.15) is 36.8 Å². The Morgan fingerprint density at radius 1 is 1.32 bits per heavy atom. The standard InChI is InChI=1S/C17H21F3N2O2S/c1-10(2)8-13(15(24)21-3)22-14(23)9-25-16(22)11-4-6-12(7-5-11)17(18,19)20/h4-7,10,13,16H,8-9H2,1-3H3,(H,21,24)/t13-,16-/m0/s1. The van der Waals surface area contributed by atoms with E-state index in [0.717, 1.165) is 12.1 Å². The maximum absolute atomic E-state index is 12.7. The van der Waals surface area contributed by atoms with Gasteiger partial charge in [0.1, 0.15) is 11.4 Å². The molecule has 1 fully saturated rings. The van der Waals surface area contributed by atoms with Gasteiger partial charge in [0.15, 0.2) is 0 Å². The quantitative estimate of drug-likeness (QED) is 0.859. The van der Waals surface area contributed by atoms with Crippen molar-refractivity contribution < 1.29 is 22.8 Å². The predicted octanol–water partition coefficient (Wildman–Crippen LogP) is 3.44. The maximum Gasteiger partial charge on any atom is 0.416 e. The molecular weight excluding hydrogens is 353 g/mol. The Morgan fingerprint density at radius 2 is 1.92 bits per heavy atom. The lowest BCUT2D eigenvalue weighted by Crippen LogP contribution is -2.48. The first-order chi connectivity index (χ1) is 11.6. The highest BCUT2D eigenvalue weighted by molar-refractivity contribution is 8.00. The van der Waals surface area contributed by atoms with Gasteiger partial charge in [0, 0.05) is 7.05 Å². The number of halogens is 3. The van der Waals surface area contributed by atoms with E-state index in [2.05, 4.69) is 5.32 Å². The molecule has 25 heavy (non-hydrogen) atoms. The third-order valence-corrected chi connectivity index (χ3v) is 5.24. The van der Waals surface area contributed by atoms with Crippen molar-refractivity contribution in [1.29, 1.82) is 0 Å². The molecule has 1 aliphatic rings. The van der Waals surface area contributed by atoms with E-state index < -0.39 is 23.2 Å². The summed E-state index contributed by atoms with van der Waals surface area (Å²) in [5.74, 6) is -0.0448. The Balaban J connectivity index is 2.32. The number of thioether (sulfide) groups is 1. The Hall–Kier alpha value is -1.70. The highest BCUT2D eigenvalue weighted by Crippen LogP contribution is 2.41. The molecule has 1 aliphatic heterocycles. The summed E-state index contributed by atoms with van der Waals surface area (Å²) in [6, 6.07) is 4.13. The second-order valence-electron chi connectivity index (χ2n) is 6.34. The second kappa shape index (κ2) is 7.68. The predicted molar refractivity (Wildman–Crippen MR) is 90.8 cm³/mol. The molecule has 8 heteroatoms. The number of rotatable bonds is 5. The molecule has 0 spiro atoms. The lowest BCUT2D eigenvalue weighted by molar-refractivity contribution is -0.139. The molecule has 2 atom stereocenters. The highest BCUT2D eigenvalue weighted by Gasteiger charge is 2.41. The summed E-state index contributed by atoms with van der Waals surface area (Å²) in [4.78, 5) is 26.2. The van der Waals surface area contributed by atoms with E-state index in [1.165, 1.54) is 35.8 Å². The Bertz CT molecular complexity index is 632. The summed E-state index contributed by atoms with van der Waals surface area (Å²) < 4.78 is 38.2. The zero-order valence-corrected chi connectivity index (χ0v) is 15.1. The number of alkyl halides is 3. The van der Waals surface area contributed by atoms with E-state index in [-0.39, 0.29) is 23.5 Å². The van der Waals surface area contributed by atoms with Crippen molar-refractivity contribution in [1.82, 2.24) is 10.2 Å². The average Bonchev–Trinajstić information content (AvgIpc) is 2.92. The molecule has 138 valence electrons. The summed E-state index contributed by atoms with van der Waals surface area (Å²) in [6.07, 6.45) is -3.91. The fourth-order valence-corrected chi connectivity index (χ4v) is 4.05. The lowest BCUT2D eigenvalue weighted by Gasteiger charge is -2.32. The first-order valence-corrected chi connectivity index (χ1v) is 9.01. The summed E-state index contributed by atoms with van der Waals surface area (Å²) in [5.41, 5.74) is -0.149. The van der Waals surface area contributed by atoms with Crippen molar-refractivity contribution in [3.05, 3.63) is 35.4 Å². The van der Waals surface area contributed by atoms with E-state index in [1.54, 1.807) is 0 Å². The summed E-state index contributed by atoms with van der Waals surface area (Å²) in [5, 5.41) is 2.12. The van der Waals surface area contributed by atoms with Crippen LogP contribution in [0.3, 0.4) is 0 Å². The van der Waals surface area contributed by atoms with Gasteiger partial charge in [-0.15, -0.1) is 11.8 Å². The Labute approximate surface area is 149 Å². The van der Waals surface area contributed by atoms with E-state index in [0.29, 0.717) is 12.0 Å². The van der Waals surface area contributed by atoms with Crippen LogP contribution in [0.4, 0.5) is 13.2 Å². The van der Waals surface area contributed by atoms with Crippen LogP contribution < -0.4 is 5.32 Å². The van der Waals surface area contributed by atoms with Crippen LogP contribution >= 0.6 is 11.8 Å². The fraction of sp³-hybridized carbons (Fsp3) is 0.529. The number of benzene rings is 1. The number of amides is 2. The molecule has 0 radical (unpaired) electrons. The normalized spacial score (nSPS) is 19.4. The first kappa shape index (κ1) is 19.6. The fourth-order valence-electron chi connectivity index (χ4n) is 2.83. The van der Waals surface area contributed by atoms with Crippen molar-refractivity contribution in [3.8, 4) is 0 Å². The SMILES string of the molecule is CNC(=O)[C@H](CC(C)C)N1C(=O)CS[C@H]1c1ccc(C(F)(F)F)cc1. The van der Waals surface area contributed by atoms with Crippen molar-refractivity contribution in [2.24, 2.45) is 5.92 Å². The molecule has 0 bridgehead atoms. The molecule has 1 aromatic rings. The molecule has 2 amide bonds. The average molecular weight is 374 g/mol. The number of hydrogen-bond acceptors (Lipinski definition) is 3. The third kappa shape index (κ3) is 4.48. The van der Waals surface area contributed by atoms with Gasteiger partial charge in [-0.2, -0.15) is 13.2 Å². The molecule has 1 N–H and O–H groups in total. The highest BCUT2D eigenvalue weighted by atomic mass is 32.2. The first-order valence-electron chi connectivity index (χ1n) is 7.96. The minimum absolute atomic E-state index is 0.177. The molecule has 0 aliphatic carbocycles. The van der Waals surface area contributed by atoms with Crippen LogP contribution in [-0.4, -0.2) is 35.6 Å². The number of nitrogens with zero attached hydrogens (tertiary/aromatic N) is 1. The molecule has 0 unspecified atom stereocenters. The molecule has 1 aromatic carbocycles. The van der Waals surface area contributed by atoms with Gasteiger partial charge in [0.05, 0.1) is 11.3 Å². The van der Waals surface area contributed by atoms with Gasteiger partial charge in [-0.3, -0.25) is 9.59 Å². The largest absolute Gasteiger partial charge is 0.416 e. The van der Waals surface area contributed by atoms with Crippen LogP contribution in [-0.2, 0) is 15.8 Å². The van der Waals surface area contributed by atoms with Crippen LogP contribution in [0.15, 0.2) is 24.3 Å². The van der Waals surface area contributed by atoms with Gasteiger partial charge in [0.2, 0.25) is 11.8 Å². The maximum atomic E-state index is 12.7.